The van der Waals surface area contributed by atoms with Crippen molar-refractivity contribution < 1.29 is 23.8 Å². The first-order valence-corrected chi connectivity index (χ1v) is 10.4. The maximum Gasteiger partial charge on any atom is 0.412 e. The van der Waals surface area contributed by atoms with Gasteiger partial charge in [-0.2, -0.15) is 0 Å². The number of rotatable bonds is 4. The Labute approximate surface area is 180 Å². The van der Waals surface area contributed by atoms with E-state index >= 15 is 0 Å². The third kappa shape index (κ3) is 6.90. The van der Waals surface area contributed by atoms with Crippen LogP contribution in [-0.4, -0.2) is 46.7 Å². The monoisotopic (exact) mass is 420 g/mol. The number of carbonyl (C=O) groups excluding carboxylic acids is 2. The van der Waals surface area contributed by atoms with Crippen LogP contribution in [0.3, 0.4) is 0 Å². The molecule has 1 aliphatic heterocycles. The highest BCUT2D eigenvalue weighted by atomic mass is 16.6. The fourth-order valence-corrected chi connectivity index (χ4v) is 3.37. The topological polar surface area (TPSA) is 77.1 Å². The van der Waals surface area contributed by atoms with Gasteiger partial charge >= 0.3 is 12.2 Å². The molecule has 7 nitrogen and oxygen atoms in total. The summed E-state index contributed by atoms with van der Waals surface area (Å²) < 4.78 is 16.8. The number of benzene rings is 1. The standard InChI is InChI=1S/C23H36N2O5/c1-21(2,3)29-19(26)24-18-12-10-9-11-16(18)13-14-17-15-28-23(7,8)25(17)20(27)30-22(4,5)6/h9-12,17H,13-15H2,1-8H3,(H,24,26)/t17-/m1/s1. The maximum atomic E-state index is 12.8. The zero-order valence-corrected chi connectivity index (χ0v) is 19.5. The Balaban J connectivity index is 2.09. The van der Waals surface area contributed by atoms with E-state index < -0.39 is 23.0 Å². The first-order chi connectivity index (χ1) is 13.7. The van der Waals surface area contributed by atoms with E-state index in [0.717, 1.165) is 5.56 Å². The minimum absolute atomic E-state index is 0.121. The zero-order chi connectivity index (χ0) is 22.7. The summed E-state index contributed by atoms with van der Waals surface area (Å²) in [6, 6.07) is 7.48. The summed E-state index contributed by atoms with van der Waals surface area (Å²) in [4.78, 5) is 26.7. The molecule has 0 spiro atoms. The normalized spacial score (nSPS) is 18.8. The molecule has 1 aromatic carbocycles. The molecule has 1 aromatic rings. The second-order valence-electron chi connectivity index (χ2n) is 10.1. The molecule has 7 heteroatoms. The lowest BCUT2D eigenvalue weighted by Gasteiger charge is -2.35. The van der Waals surface area contributed by atoms with Crippen molar-refractivity contribution in [1.82, 2.24) is 4.90 Å². The number of ether oxygens (including phenoxy) is 3. The van der Waals surface area contributed by atoms with Crippen LogP contribution in [0.1, 0.15) is 67.4 Å². The van der Waals surface area contributed by atoms with Gasteiger partial charge in [-0.25, -0.2) is 9.59 Å². The summed E-state index contributed by atoms with van der Waals surface area (Å²) in [7, 11) is 0. The van der Waals surface area contributed by atoms with Crippen LogP contribution < -0.4 is 5.32 Å². The smallest absolute Gasteiger partial charge is 0.412 e. The lowest BCUT2D eigenvalue weighted by atomic mass is 10.0. The molecule has 0 saturated carbocycles. The van der Waals surface area contributed by atoms with E-state index in [1.54, 1.807) is 4.90 Å². The Hall–Kier alpha value is -2.28. The number of nitrogens with zero attached hydrogens (tertiary/aromatic N) is 1. The molecule has 1 heterocycles. The zero-order valence-electron chi connectivity index (χ0n) is 19.5. The SMILES string of the molecule is CC(C)(C)OC(=O)Nc1ccccc1CC[C@@H]1COC(C)(C)N1C(=O)OC(C)(C)C. The van der Waals surface area contributed by atoms with E-state index in [1.165, 1.54) is 0 Å². The molecule has 0 bridgehead atoms. The third-order valence-electron chi connectivity index (χ3n) is 4.56. The van der Waals surface area contributed by atoms with Gasteiger partial charge in [-0.3, -0.25) is 10.2 Å². The van der Waals surface area contributed by atoms with Crippen LogP contribution >= 0.6 is 0 Å². The Morgan fingerprint density at radius 3 is 2.30 bits per heavy atom. The van der Waals surface area contributed by atoms with Crippen molar-refractivity contribution in [3.05, 3.63) is 29.8 Å². The molecule has 0 radical (unpaired) electrons. The van der Waals surface area contributed by atoms with E-state index in [0.29, 0.717) is 25.1 Å². The number of aryl methyl sites for hydroxylation is 1. The molecular weight excluding hydrogens is 384 g/mol. The molecule has 0 aliphatic carbocycles. The van der Waals surface area contributed by atoms with Crippen LogP contribution in [0.5, 0.6) is 0 Å². The Kier molecular flexibility index (Phi) is 7.07. The van der Waals surface area contributed by atoms with Gasteiger partial charge in [-0.1, -0.05) is 18.2 Å². The first kappa shape index (κ1) is 24.0. The van der Waals surface area contributed by atoms with Crippen LogP contribution in [-0.2, 0) is 20.6 Å². The van der Waals surface area contributed by atoms with Crippen molar-refractivity contribution in [2.24, 2.45) is 0 Å². The van der Waals surface area contributed by atoms with E-state index in [1.807, 2.05) is 79.7 Å². The van der Waals surface area contributed by atoms with Crippen LogP contribution in [0.4, 0.5) is 15.3 Å². The van der Waals surface area contributed by atoms with Crippen LogP contribution in [0.2, 0.25) is 0 Å². The van der Waals surface area contributed by atoms with Crippen molar-refractivity contribution in [1.29, 1.82) is 0 Å². The third-order valence-corrected chi connectivity index (χ3v) is 4.56. The number of nitrogens with one attached hydrogen (secondary N) is 1. The number of anilines is 1. The summed E-state index contributed by atoms with van der Waals surface area (Å²) in [5.74, 6) is 0. The Morgan fingerprint density at radius 1 is 1.10 bits per heavy atom. The van der Waals surface area contributed by atoms with Crippen molar-refractivity contribution in [3.8, 4) is 0 Å². The van der Waals surface area contributed by atoms with Gasteiger partial charge in [0.05, 0.1) is 12.6 Å². The number of amides is 2. The molecule has 2 amide bonds. The van der Waals surface area contributed by atoms with Crippen molar-refractivity contribution in [3.63, 3.8) is 0 Å². The van der Waals surface area contributed by atoms with Gasteiger partial charge in [0.2, 0.25) is 0 Å². The highest BCUT2D eigenvalue weighted by molar-refractivity contribution is 5.85. The lowest BCUT2D eigenvalue weighted by molar-refractivity contribution is -0.0626. The molecule has 1 N–H and O–H groups in total. The number of hydrogen-bond acceptors (Lipinski definition) is 5. The lowest BCUT2D eigenvalue weighted by Crippen LogP contribution is -2.49. The predicted octanol–water partition coefficient (Wildman–Crippen LogP) is 5.34. The van der Waals surface area contributed by atoms with Crippen LogP contribution in [0.25, 0.3) is 0 Å². The summed E-state index contributed by atoms with van der Waals surface area (Å²) in [6.45, 7) is 15.2. The van der Waals surface area contributed by atoms with E-state index in [2.05, 4.69) is 5.32 Å². The van der Waals surface area contributed by atoms with Crippen LogP contribution in [0, 0.1) is 0 Å². The molecule has 1 atom stereocenters. The van der Waals surface area contributed by atoms with E-state index in [9.17, 15) is 9.59 Å². The number of carbonyl (C=O) groups is 2. The maximum absolute atomic E-state index is 12.8. The Bertz CT molecular complexity index is 762. The summed E-state index contributed by atoms with van der Waals surface area (Å²) in [6.07, 6.45) is 0.469. The van der Waals surface area contributed by atoms with E-state index in [4.69, 9.17) is 14.2 Å². The van der Waals surface area contributed by atoms with Crippen molar-refractivity contribution in [2.45, 2.75) is 91.2 Å². The molecule has 1 aliphatic rings. The van der Waals surface area contributed by atoms with Crippen LogP contribution in [0.15, 0.2) is 24.3 Å². The van der Waals surface area contributed by atoms with Crippen molar-refractivity contribution in [2.75, 3.05) is 11.9 Å². The number of hydrogen-bond donors (Lipinski definition) is 1. The summed E-state index contributed by atoms with van der Waals surface area (Å²) in [5.41, 5.74) is -0.212. The van der Waals surface area contributed by atoms with Crippen molar-refractivity contribution >= 4 is 17.9 Å². The average molecular weight is 421 g/mol. The molecule has 168 valence electrons. The molecule has 0 unspecified atom stereocenters. The van der Waals surface area contributed by atoms with Gasteiger partial charge in [0, 0.05) is 5.69 Å². The molecule has 30 heavy (non-hydrogen) atoms. The highest BCUT2D eigenvalue weighted by Crippen LogP contribution is 2.32. The quantitative estimate of drug-likeness (QED) is 0.712. The van der Waals surface area contributed by atoms with Gasteiger partial charge in [0.15, 0.2) is 0 Å². The molecular formula is C23H36N2O5. The van der Waals surface area contributed by atoms with Gasteiger partial charge in [0.1, 0.15) is 16.9 Å². The van der Waals surface area contributed by atoms with Gasteiger partial charge < -0.3 is 14.2 Å². The predicted molar refractivity (Wildman–Crippen MR) is 117 cm³/mol. The van der Waals surface area contributed by atoms with Gasteiger partial charge in [-0.05, 0) is 79.9 Å². The fourth-order valence-electron chi connectivity index (χ4n) is 3.37. The van der Waals surface area contributed by atoms with Gasteiger partial charge in [0.25, 0.3) is 0 Å². The number of para-hydroxylation sites is 1. The molecule has 2 rings (SSSR count). The van der Waals surface area contributed by atoms with Gasteiger partial charge in [-0.15, -0.1) is 0 Å². The summed E-state index contributed by atoms with van der Waals surface area (Å²) in [5, 5.41) is 2.83. The Morgan fingerprint density at radius 2 is 1.70 bits per heavy atom. The molecule has 1 saturated heterocycles. The fraction of sp³-hybridized carbons (Fsp3) is 0.652. The highest BCUT2D eigenvalue weighted by Gasteiger charge is 2.45. The molecule has 0 aromatic heterocycles. The van der Waals surface area contributed by atoms with E-state index in [-0.39, 0.29) is 12.1 Å². The molecule has 1 fully saturated rings. The first-order valence-electron chi connectivity index (χ1n) is 10.4. The average Bonchev–Trinajstić information content (AvgIpc) is 2.85. The second kappa shape index (κ2) is 8.84. The summed E-state index contributed by atoms with van der Waals surface area (Å²) >= 11 is 0. The second-order valence-corrected chi connectivity index (χ2v) is 10.1. The largest absolute Gasteiger partial charge is 0.444 e. The minimum Gasteiger partial charge on any atom is -0.444 e. The minimum atomic E-state index is -0.735.